The van der Waals surface area contributed by atoms with Crippen LogP contribution in [0.25, 0.3) is 0 Å². The Kier molecular flexibility index (Phi) is 9.58. The molecule has 8 nitrogen and oxygen atoms in total. The lowest BCUT2D eigenvalue weighted by atomic mass is 9.90. The van der Waals surface area contributed by atoms with E-state index in [-0.39, 0.29) is 19.8 Å². The van der Waals surface area contributed by atoms with Gasteiger partial charge in [-0.1, -0.05) is 6.07 Å². The van der Waals surface area contributed by atoms with Crippen molar-refractivity contribution in [2.75, 3.05) is 34.7 Å². The second kappa shape index (κ2) is 11.2. The fourth-order valence-corrected chi connectivity index (χ4v) is 3.01. The summed E-state index contributed by atoms with van der Waals surface area (Å²) >= 11 is 0. The zero-order valence-corrected chi connectivity index (χ0v) is 19.4. The minimum Gasteiger partial charge on any atom is -0.496 e. The molecule has 0 heterocycles. The normalized spacial score (nSPS) is 13.3. The third-order valence-electron chi connectivity index (χ3n) is 4.38. The van der Waals surface area contributed by atoms with E-state index in [1.54, 1.807) is 48.8 Å². The molecule has 0 aliphatic heterocycles. The number of methoxy groups -OCH3 is 3. The fraction of sp³-hybridized carbons (Fsp3) is 0.636. The van der Waals surface area contributed by atoms with Gasteiger partial charge in [-0.15, -0.1) is 0 Å². The van der Waals surface area contributed by atoms with E-state index >= 15 is 0 Å². The van der Waals surface area contributed by atoms with Gasteiger partial charge < -0.3 is 23.7 Å². The molecule has 0 bridgehead atoms. The van der Waals surface area contributed by atoms with Crippen LogP contribution in [0, 0.1) is 0 Å². The standard InChI is InChI=1S/C22H35NO7/c1-9-29-19(24)22(5,23(15-27-7)20(25)30-21(2,3)4)13-16-10-11-18(28-8)17(12-16)14-26-6/h10-12H,9,13-15H2,1-8H3/t22-/m0/s1. The Balaban J connectivity index is 3.40. The molecule has 1 amide bonds. The summed E-state index contributed by atoms with van der Waals surface area (Å²) < 4.78 is 26.7. The van der Waals surface area contributed by atoms with Crippen LogP contribution in [0.4, 0.5) is 4.79 Å². The first-order chi connectivity index (χ1) is 14.0. The van der Waals surface area contributed by atoms with Crippen molar-refractivity contribution < 1.29 is 33.3 Å². The molecule has 1 rings (SSSR count). The lowest BCUT2D eigenvalue weighted by Crippen LogP contribution is -2.58. The lowest BCUT2D eigenvalue weighted by Gasteiger charge is -2.39. The molecule has 30 heavy (non-hydrogen) atoms. The molecule has 1 aromatic carbocycles. The Morgan fingerprint density at radius 1 is 1.03 bits per heavy atom. The summed E-state index contributed by atoms with van der Waals surface area (Å²) in [6.07, 6.45) is -0.472. The molecule has 1 aromatic rings. The zero-order valence-electron chi connectivity index (χ0n) is 19.4. The largest absolute Gasteiger partial charge is 0.496 e. The number of carbonyl (C=O) groups excluding carboxylic acids is 2. The van der Waals surface area contributed by atoms with Crippen LogP contribution < -0.4 is 4.74 Å². The van der Waals surface area contributed by atoms with Crippen LogP contribution in [0.5, 0.6) is 5.75 Å². The molecule has 0 radical (unpaired) electrons. The van der Waals surface area contributed by atoms with Gasteiger partial charge in [-0.2, -0.15) is 0 Å². The minimum absolute atomic E-state index is 0.134. The third kappa shape index (κ3) is 6.88. The summed E-state index contributed by atoms with van der Waals surface area (Å²) in [4.78, 5) is 27.2. The van der Waals surface area contributed by atoms with Gasteiger partial charge in [0.2, 0.25) is 0 Å². The van der Waals surface area contributed by atoms with E-state index in [0.29, 0.717) is 12.4 Å². The van der Waals surface area contributed by atoms with Gasteiger partial charge in [-0.25, -0.2) is 9.59 Å². The van der Waals surface area contributed by atoms with Crippen molar-refractivity contribution in [3.8, 4) is 5.75 Å². The molecule has 0 unspecified atom stereocenters. The summed E-state index contributed by atoms with van der Waals surface area (Å²) in [7, 11) is 4.63. The van der Waals surface area contributed by atoms with Crippen LogP contribution in [-0.2, 0) is 36.8 Å². The highest BCUT2D eigenvalue weighted by Crippen LogP contribution is 2.28. The first-order valence-electron chi connectivity index (χ1n) is 9.83. The van der Waals surface area contributed by atoms with Crippen LogP contribution >= 0.6 is 0 Å². The fourth-order valence-electron chi connectivity index (χ4n) is 3.01. The van der Waals surface area contributed by atoms with E-state index in [2.05, 4.69) is 0 Å². The molecule has 0 spiro atoms. The van der Waals surface area contributed by atoms with E-state index in [1.165, 1.54) is 12.0 Å². The molecule has 0 aromatic heterocycles. The van der Waals surface area contributed by atoms with Gasteiger partial charge in [0.05, 0.1) is 20.3 Å². The summed E-state index contributed by atoms with van der Waals surface area (Å²) in [5.74, 6) is 0.136. The maximum absolute atomic E-state index is 13.0. The average molecular weight is 426 g/mol. The first kappa shape index (κ1) is 25.7. The number of amides is 1. The number of hydrogen-bond donors (Lipinski definition) is 0. The highest BCUT2D eigenvalue weighted by Gasteiger charge is 2.45. The lowest BCUT2D eigenvalue weighted by molar-refractivity contribution is -0.159. The molecule has 0 saturated heterocycles. The Hall–Kier alpha value is -2.32. The van der Waals surface area contributed by atoms with Crippen LogP contribution in [0.3, 0.4) is 0 Å². The summed E-state index contributed by atoms with van der Waals surface area (Å²) in [5.41, 5.74) is -0.445. The number of hydrogen-bond acceptors (Lipinski definition) is 7. The zero-order chi connectivity index (χ0) is 22.9. The number of ether oxygens (including phenoxy) is 5. The van der Waals surface area contributed by atoms with Gasteiger partial charge in [0.1, 0.15) is 23.6 Å². The molecule has 8 heteroatoms. The Labute approximate surface area is 179 Å². The molecule has 1 atom stereocenters. The predicted molar refractivity (Wildman–Crippen MR) is 112 cm³/mol. The molecular weight excluding hydrogens is 390 g/mol. The Morgan fingerprint density at radius 3 is 2.20 bits per heavy atom. The Bertz CT molecular complexity index is 714. The second-order valence-corrected chi connectivity index (χ2v) is 8.08. The smallest absolute Gasteiger partial charge is 0.413 e. The average Bonchev–Trinajstić information content (AvgIpc) is 2.65. The predicted octanol–water partition coefficient (Wildman–Crippen LogP) is 3.55. The van der Waals surface area contributed by atoms with Gasteiger partial charge in [-0.3, -0.25) is 4.90 Å². The van der Waals surface area contributed by atoms with E-state index in [1.807, 2.05) is 18.2 Å². The minimum atomic E-state index is -1.35. The number of benzene rings is 1. The number of esters is 1. The molecular formula is C22H35NO7. The number of nitrogens with zero attached hydrogens (tertiary/aromatic N) is 1. The van der Waals surface area contributed by atoms with Gasteiger partial charge in [0.15, 0.2) is 0 Å². The van der Waals surface area contributed by atoms with Crippen molar-refractivity contribution in [1.29, 1.82) is 0 Å². The third-order valence-corrected chi connectivity index (χ3v) is 4.38. The molecule has 0 fully saturated rings. The molecule has 0 N–H and O–H groups in total. The first-order valence-corrected chi connectivity index (χ1v) is 9.83. The molecule has 170 valence electrons. The van der Waals surface area contributed by atoms with Crippen molar-refractivity contribution >= 4 is 12.1 Å². The highest BCUT2D eigenvalue weighted by molar-refractivity contribution is 5.86. The highest BCUT2D eigenvalue weighted by atomic mass is 16.6. The SMILES string of the molecule is CCOC(=O)[C@](C)(Cc1ccc(OC)c(COC)c1)N(COC)C(=O)OC(C)(C)C. The van der Waals surface area contributed by atoms with Crippen molar-refractivity contribution in [1.82, 2.24) is 4.90 Å². The monoisotopic (exact) mass is 425 g/mol. The summed E-state index contributed by atoms with van der Waals surface area (Å²) in [6.45, 7) is 9.05. The molecule has 0 aliphatic carbocycles. The van der Waals surface area contributed by atoms with Crippen LogP contribution in [0.2, 0.25) is 0 Å². The van der Waals surface area contributed by atoms with Crippen molar-refractivity contribution in [3.63, 3.8) is 0 Å². The summed E-state index contributed by atoms with van der Waals surface area (Å²) in [6, 6.07) is 5.54. The van der Waals surface area contributed by atoms with Crippen LogP contribution in [0.15, 0.2) is 18.2 Å². The number of rotatable bonds is 10. The van der Waals surface area contributed by atoms with Crippen LogP contribution in [-0.4, -0.2) is 62.8 Å². The van der Waals surface area contributed by atoms with Crippen molar-refractivity contribution in [3.05, 3.63) is 29.3 Å². The maximum Gasteiger partial charge on any atom is 0.413 e. The van der Waals surface area contributed by atoms with E-state index in [9.17, 15) is 9.59 Å². The second-order valence-electron chi connectivity index (χ2n) is 8.08. The molecule has 0 saturated carbocycles. The summed E-state index contributed by atoms with van der Waals surface area (Å²) in [5, 5.41) is 0. The van der Waals surface area contributed by atoms with Gasteiger partial charge in [0.25, 0.3) is 0 Å². The topological polar surface area (TPSA) is 83.5 Å². The van der Waals surface area contributed by atoms with E-state index in [4.69, 9.17) is 23.7 Å². The quantitative estimate of drug-likeness (QED) is 0.419. The van der Waals surface area contributed by atoms with Gasteiger partial charge in [-0.05, 0) is 52.3 Å². The maximum atomic E-state index is 13.0. The molecule has 0 aliphatic rings. The van der Waals surface area contributed by atoms with E-state index in [0.717, 1.165) is 11.1 Å². The Morgan fingerprint density at radius 2 is 1.70 bits per heavy atom. The van der Waals surface area contributed by atoms with Crippen molar-refractivity contribution in [2.45, 2.75) is 58.8 Å². The number of carbonyl (C=O) groups is 2. The van der Waals surface area contributed by atoms with Gasteiger partial charge >= 0.3 is 12.1 Å². The van der Waals surface area contributed by atoms with Crippen LogP contribution in [0.1, 0.15) is 45.7 Å². The van der Waals surface area contributed by atoms with Crippen molar-refractivity contribution in [2.24, 2.45) is 0 Å². The van der Waals surface area contributed by atoms with Gasteiger partial charge in [0, 0.05) is 26.2 Å². The van der Waals surface area contributed by atoms with E-state index < -0.39 is 23.2 Å².